The zero-order valence-electron chi connectivity index (χ0n) is 12.5. The number of hydrogen-bond acceptors (Lipinski definition) is 4. The molecule has 0 radical (unpaired) electrons. The van der Waals surface area contributed by atoms with Crippen molar-refractivity contribution < 1.29 is 9.90 Å². The van der Waals surface area contributed by atoms with Gasteiger partial charge in [-0.3, -0.25) is 4.79 Å². The van der Waals surface area contributed by atoms with Gasteiger partial charge in [-0.05, 0) is 11.5 Å². The van der Waals surface area contributed by atoms with Gasteiger partial charge in [-0.1, -0.05) is 49.9 Å². The molecule has 21 heavy (non-hydrogen) atoms. The first-order valence-corrected chi connectivity index (χ1v) is 7.89. The van der Waals surface area contributed by atoms with Crippen LogP contribution in [0.1, 0.15) is 41.4 Å². The molecule has 0 aliphatic carbocycles. The summed E-state index contributed by atoms with van der Waals surface area (Å²) in [5.41, 5.74) is 2.70. The first-order valence-electron chi connectivity index (χ1n) is 6.90. The molecule has 5 heteroatoms. The van der Waals surface area contributed by atoms with Crippen molar-refractivity contribution in [1.29, 1.82) is 0 Å². The van der Waals surface area contributed by atoms with Gasteiger partial charge in [0, 0.05) is 12.6 Å². The van der Waals surface area contributed by atoms with Crippen LogP contribution < -0.4 is 0 Å². The molecule has 0 unspecified atom stereocenters. The molecule has 0 saturated heterocycles. The number of hydrogen-bond donors (Lipinski definition) is 1. The molecule has 1 aromatic carbocycles. The topological polar surface area (TPSA) is 55.1 Å². The quantitative estimate of drug-likeness (QED) is 0.658. The van der Waals surface area contributed by atoms with E-state index in [2.05, 4.69) is 18.8 Å². The Morgan fingerprint density at radius 1 is 1.33 bits per heavy atom. The van der Waals surface area contributed by atoms with Crippen molar-refractivity contribution in [2.75, 3.05) is 5.75 Å². The van der Waals surface area contributed by atoms with Gasteiger partial charge >= 0.3 is 0 Å². The summed E-state index contributed by atoms with van der Waals surface area (Å²) in [6.45, 7) is 4.22. The Morgan fingerprint density at radius 3 is 2.52 bits per heavy atom. The largest absolute Gasteiger partial charge is 0.390 e. The van der Waals surface area contributed by atoms with Gasteiger partial charge in [-0.25, -0.2) is 4.98 Å². The van der Waals surface area contributed by atoms with E-state index in [1.54, 1.807) is 10.8 Å². The van der Waals surface area contributed by atoms with Crippen molar-refractivity contribution in [1.82, 2.24) is 9.55 Å². The molecule has 0 amide bonds. The van der Waals surface area contributed by atoms with Crippen LogP contribution in [0, 0.1) is 0 Å². The molecule has 1 aromatic heterocycles. The summed E-state index contributed by atoms with van der Waals surface area (Å²) in [6.07, 6.45) is 1.63. The maximum Gasteiger partial charge on any atom is 0.173 e. The van der Waals surface area contributed by atoms with Crippen molar-refractivity contribution in [3.05, 3.63) is 47.3 Å². The van der Waals surface area contributed by atoms with Gasteiger partial charge in [-0.2, -0.15) is 0 Å². The highest BCUT2D eigenvalue weighted by molar-refractivity contribution is 7.99. The van der Waals surface area contributed by atoms with Crippen LogP contribution in [-0.2, 0) is 13.7 Å². The summed E-state index contributed by atoms with van der Waals surface area (Å²) >= 11 is 1.39. The first-order chi connectivity index (χ1) is 10.0. The van der Waals surface area contributed by atoms with Crippen LogP contribution in [0.2, 0.25) is 0 Å². The minimum atomic E-state index is -0.0470. The highest BCUT2D eigenvalue weighted by Crippen LogP contribution is 2.20. The Hall–Kier alpha value is -1.59. The third-order valence-electron chi connectivity index (χ3n) is 3.44. The zero-order chi connectivity index (χ0) is 15.4. The van der Waals surface area contributed by atoms with E-state index in [0.717, 1.165) is 16.4 Å². The molecule has 2 rings (SSSR count). The number of thioether (sulfide) groups is 1. The van der Waals surface area contributed by atoms with Crippen molar-refractivity contribution in [2.24, 2.45) is 7.05 Å². The maximum atomic E-state index is 12.2. The minimum Gasteiger partial charge on any atom is -0.390 e. The van der Waals surface area contributed by atoms with E-state index < -0.39 is 0 Å². The van der Waals surface area contributed by atoms with Crippen LogP contribution in [0.15, 0.2) is 35.6 Å². The van der Waals surface area contributed by atoms with Crippen molar-refractivity contribution in [3.63, 3.8) is 0 Å². The molecule has 1 N–H and O–H groups in total. The normalized spacial score (nSPS) is 11.1. The van der Waals surface area contributed by atoms with E-state index in [4.69, 9.17) is 5.11 Å². The monoisotopic (exact) mass is 304 g/mol. The fourth-order valence-electron chi connectivity index (χ4n) is 1.97. The van der Waals surface area contributed by atoms with Crippen molar-refractivity contribution >= 4 is 17.5 Å². The molecule has 112 valence electrons. The second-order valence-corrected chi connectivity index (χ2v) is 6.18. The number of rotatable bonds is 6. The molecule has 0 bridgehead atoms. The lowest BCUT2D eigenvalue weighted by Gasteiger charge is -2.07. The highest BCUT2D eigenvalue weighted by atomic mass is 32.2. The van der Waals surface area contributed by atoms with Gasteiger partial charge in [0.2, 0.25) is 0 Å². The standard InChI is InChI=1S/C16H20N2O2S/c1-11(2)12-4-6-13(7-5-12)15(20)10-21-16-17-8-14(9-19)18(16)3/h4-8,11,19H,9-10H2,1-3H3. The molecule has 2 aromatic rings. The highest BCUT2D eigenvalue weighted by Gasteiger charge is 2.11. The van der Waals surface area contributed by atoms with Crippen LogP contribution in [0.3, 0.4) is 0 Å². The number of nitrogens with zero attached hydrogens (tertiary/aromatic N) is 2. The summed E-state index contributed by atoms with van der Waals surface area (Å²) < 4.78 is 1.81. The predicted molar refractivity (Wildman–Crippen MR) is 84.7 cm³/mol. The Balaban J connectivity index is 1.99. The molecule has 0 spiro atoms. The lowest BCUT2D eigenvalue weighted by molar-refractivity contribution is 0.102. The van der Waals surface area contributed by atoms with Gasteiger partial charge in [0.15, 0.2) is 10.9 Å². The summed E-state index contributed by atoms with van der Waals surface area (Å²) in [4.78, 5) is 16.4. The van der Waals surface area contributed by atoms with Crippen molar-refractivity contribution in [3.8, 4) is 0 Å². The Labute approximate surface area is 129 Å². The Morgan fingerprint density at radius 2 is 2.00 bits per heavy atom. The fourth-order valence-corrected chi connectivity index (χ4v) is 2.84. The van der Waals surface area contributed by atoms with E-state index in [1.807, 2.05) is 31.3 Å². The van der Waals surface area contributed by atoms with Gasteiger partial charge < -0.3 is 9.67 Å². The molecule has 0 fully saturated rings. The summed E-state index contributed by atoms with van der Waals surface area (Å²) in [7, 11) is 1.84. The number of aromatic nitrogens is 2. The van der Waals surface area contributed by atoms with E-state index in [-0.39, 0.29) is 12.4 Å². The van der Waals surface area contributed by atoms with Gasteiger partial charge in [0.05, 0.1) is 24.3 Å². The van der Waals surface area contributed by atoms with Crippen LogP contribution in [0.4, 0.5) is 0 Å². The van der Waals surface area contributed by atoms with Crippen molar-refractivity contribution in [2.45, 2.75) is 31.5 Å². The SMILES string of the molecule is CC(C)c1ccc(C(=O)CSc2ncc(CO)n2C)cc1. The third kappa shape index (κ3) is 3.74. The number of benzene rings is 1. The predicted octanol–water partition coefficient (Wildman–Crippen LogP) is 3.01. The third-order valence-corrected chi connectivity index (χ3v) is 4.48. The number of aliphatic hydroxyl groups excluding tert-OH is 1. The van der Waals surface area contributed by atoms with Crippen LogP contribution in [0.5, 0.6) is 0 Å². The van der Waals surface area contributed by atoms with Crippen LogP contribution >= 0.6 is 11.8 Å². The molecular weight excluding hydrogens is 284 g/mol. The number of imidazole rings is 1. The minimum absolute atomic E-state index is 0.0470. The first kappa shape index (κ1) is 15.8. The maximum absolute atomic E-state index is 12.2. The molecule has 0 aliphatic heterocycles. The number of ketones is 1. The average molecular weight is 304 g/mol. The smallest absolute Gasteiger partial charge is 0.173 e. The number of aliphatic hydroxyl groups is 1. The fraction of sp³-hybridized carbons (Fsp3) is 0.375. The van der Waals surface area contributed by atoms with Gasteiger partial charge in [0.25, 0.3) is 0 Å². The summed E-state index contributed by atoms with van der Waals surface area (Å²) in [6, 6.07) is 7.78. The summed E-state index contributed by atoms with van der Waals surface area (Å²) in [5, 5.41) is 9.86. The molecule has 1 heterocycles. The number of Topliss-reactive ketones (excluding diaryl/α,β-unsaturated/α-hetero) is 1. The van der Waals surface area contributed by atoms with Crippen LogP contribution in [0.25, 0.3) is 0 Å². The zero-order valence-corrected chi connectivity index (χ0v) is 13.4. The summed E-state index contributed by atoms with van der Waals surface area (Å²) in [5.74, 6) is 0.897. The lowest BCUT2D eigenvalue weighted by atomic mass is 10.0. The Bertz CT molecular complexity index is 618. The molecule has 0 atom stereocenters. The van der Waals surface area contributed by atoms with Gasteiger partial charge in [-0.15, -0.1) is 0 Å². The number of carbonyl (C=O) groups is 1. The second kappa shape index (κ2) is 6.91. The van der Waals surface area contributed by atoms with E-state index >= 15 is 0 Å². The van der Waals surface area contributed by atoms with Gasteiger partial charge in [0.1, 0.15) is 0 Å². The second-order valence-electron chi connectivity index (χ2n) is 5.24. The Kier molecular flexibility index (Phi) is 5.20. The molecule has 0 aliphatic rings. The van der Waals surface area contributed by atoms with E-state index in [0.29, 0.717) is 11.7 Å². The lowest BCUT2D eigenvalue weighted by Crippen LogP contribution is -2.04. The molecule has 0 saturated carbocycles. The molecule has 4 nitrogen and oxygen atoms in total. The van der Waals surface area contributed by atoms with E-state index in [1.165, 1.54) is 17.3 Å². The van der Waals surface area contributed by atoms with E-state index in [9.17, 15) is 4.79 Å². The average Bonchev–Trinajstić information content (AvgIpc) is 2.85. The van der Waals surface area contributed by atoms with Crippen LogP contribution in [-0.4, -0.2) is 26.2 Å². The number of carbonyl (C=O) groups excluding carboxylic acids is 1. The molecular formula is C16H20N2O2S.